The van der Waals surface area contributed by atoms with Crippen LogP contribution in [0.4, 0.5) is 14.5 Å². The zero-order valence-electron chi connectivity index (χ0n) is 22.2. The molecule has 1 fully saturated rings. The summed E-state index contributed by atoms with van der Waals surface area (Å²) >= 11 is 0. The van der Waals surface area contributed by atoms with Crippen molar-refractivity contribution in [3.05, 3.63) is 65.1 Å². The number of hydrogen-bond acceptors (Lipinski definition) is 6. The minimum absolute atomic E-state index is 0.0450. The lowest BCUT2D eigenvalue weighted by Gasteiger charge is -2.40. The van der Waals surface area contributed by atoms with Gasteiger partial charge in [-0.1, -0.05) is 13.8 Å². The summed E-state index contributed by atoms with van der Waals surface area (Å²) in [5, 5.41) is 9.58. The van der Waals surface area contributed by atoms with Crippen molar-refractivity contribution in [3.63, 3.8) is 0 Å². The van der Waals surface area contributed by atoms with Crippen LogP contribution >= 0.6 is 0 Å². The highest BCUT2D eigenvalue weighted by Gasteiger charge is 2.29. The third kappa shape index (κ3) is 6.38. The fraction of sp³-hybridized carbons (Fsp3) is 0.414. The van der Waals surface area contributed by atoms with E-state index in [1.165, 1.54) is 24.4 Å². The molecule has 1 saturated heterocycles. The van der Waals surface area contributed by atoms with Crippen molar-refractivity contribution in [3.8, 4) is 22.8 Å². The van der Waals surface area contributed by atoms with Gasteiger partial charge in [0.05, 0.1) is 12.1 Å². The van der Waals surface area contributed by atoms with E-state index in [2.05, 4.69) is 28.7 Å². The Morgan fingerprint density at radius 3 is 2.39 bits per heavy atom. The number of aryl methyl sites for hydroxylation is 2. The largest absolute Gasteiger partial charge is 0.490 e. The van der Waals surface area contributed by atoms with Gasteiger partial charge in [0, 0.05) is 47.9 Å². The van der Waals surface area contributed by atoms with Gasteiger partial charge < -0.3 is 19.5 Å². The maximum atomic E-state index is 15.1. The minimum atomic E-state index is -0.947. The standard InChI is InChI=1S/C29H33F2N3O4/c1-18-13-21(5-6-24(18)30)37-11-12-38-28-25(31)14-20(16-33-28)23-17-32-19(2)22(15-26(35)36)27(23)34-9-7-29(3,4)8-10-34/h5-6,13-14,16-17H,7-12,15H2,1-4H3,(H,35,36). The monoisotopic (exact) mass is 525 g/mol. The molecule has 1 aromatic carbocycles. The van der Waals surface area contributed by atoms with Crippen molar-refractivity contribution in [1.29, 1.82) is 0 Å². The van der Waals surface area contributed by atoms with Crippen LogP contribution in [0.25, 0.3) is 11.1 Å². The van der Waals surface area contributed by atoms with E-state index in [-0.39, 0.29) is 36.7 Å². The van der Waals surface area contributed by atoms with E-state index in [1.807, 2.05) is 0 Å². The molecule has 0 aliphatic carbocycles. The molecule has 0 spiro atoms. The number of carboxylic acids is 1. The Hall–Kier alpha value is -3.75. The SMILES string of the molecule is Cc1cc(OCCOc2ncc(-c3cnc(C)c(CC(=O)O)c3N3CCC(C)(C)CC3)cc2F)ccc1F. The minimum Gasteiger partial charge on any atom is -0.490 e. The van der Waals surface area contributed by atoms with Gasteiger partial charge in [-0.15, -0.1) is 0 Å². The van der Waals surface area contributed by atoms with Crippen LogP contribution in [-0.2, 0) is 11.2 Å². The molecule has 3 heterocycles. The normalized spacial score (nSPS) is 14.8. The van der Waals surface area contributed by atoms with Gasteiger partial charge in [0.2, 0.25) is 0 Å². The van der Waals surface area contributed by atoms with Crippen molar-refractivity contribution in [2.24, 2.45) is 5.41 Å². The molecule has 9 heteroatoms. The van der Waals surface area contributed by atoms with Crippen molar-refractivity contribution >= 4 is 11.7 Å². The first-order chi connectivity index (χ1) is 18.0. The molecule has 38 heavy (non-hydrogen) atoms. The van der Waals surface area contributed by atoms with Crippen LogP contribution in [0.3, 0.4) is 0 Å². The summed E-state index contributed by atoms with van der Waals surface area (Å²) in [6.45, 7) is 9.60. The van der Waals surface area contributed by atoms with E-state index in [0.29, 0.717) is 33.7 Å². The highest BCUT2D eigenvalue weighted by atomic mass is 19.1. The Bertz CT molecular complexity index is 1320. The first kappa shape index (κ1) is 27.3. The number of rotatable bonds is 9. The average Bonchev–Trinajstić information content (AvgIpc) is 2.86. The Kier molecular flexibility index (Phi) is 8.14. The maximum Gasteiger partial charge on any atom is 0.307 e. The molecule has 0 bridgehead atoms. The van der Waals surface area contributed by atoms with Gasteiger partial charge in [-0.25, -0.2) is 13.8 Å². The molecule has 0 amide bonds. The van der Waals surface area contributed by atoms with Crippen LogP contribution in [0.5, 0.6) is 11.6 Å². The summed E-state index contributed by atoms with van der Waals surface area (Å²) in [6.07, 6.45) is 4.91. The number of ether oxygens (including phenoxy) is 2. The molecule has 3 aromatic rings. The number of aliphatic carboxylic acids is 1. The second kappa shape index (κ2) is 11.3. The van der Waals surface area contributed by atoms with Gasteiger partial charge >= 0.3 is 5.97 Å². The second-order valence-corrected chi connectivity index (χ2v) is 10.4. The second-order valence-electron chi connectivity index (χ2n) is 10.4. The van der Waals surface area contributed by atoms with Gasteiger partial charge in [-0.2, -0.15) is 0 Å². The van der Waals surface area contributed by atoms with E-state index in [9.17, 15) is 14.3 Å². The van der Waals surface area contributed by atoms with E-state index in [4.69, 9.17) is 9.47 Å². The van der Waals surface area contributed by atoms with Crippen molar-refractivity contribution in [2.75, 3.05) is 31.2 Å². The number of benzene rings is 1. The predicted molar refractivity (Wildman–Crippen MR) is 141 cm³/mol. The molecule has 1 aliphatic rings. The number of carboxylic acid groups (broad SMARTS) is 1. The topological polar surface area (TPSA) is 84.8 Å². The Balaban J connectivity index is 1.54. The molecular formula is C29H33F2N3O4. The molecule has 0 saturated carbocycles. The highest BCUT2D eigenvalue weighted by molar-refractivity contribution is 5.84. The number of anilines is 1. The molecule has 4 rings (SSSR count). The molecule has 1 aliphatic heterocycles. The molecule has 0 unspecified atom stereocenters. The van der Waals surface area contributed by atoms with E-state index >= 15 is 4.39 Å². The van der Waals surface area contributed by atoms with Crippen molar-refractivity contribution in [2.45, 2.75) is 47.0 Å². The van der Waals surface area contributed by atoms with Crippen LogP contribution in [0.2, 0.25) is 0 Å². The van der Waals surface area contributed by atoms with Crippen LogP contribution < -0.4 is 14.4 Å². The average molecular weight is 526 g/mol. The van der Waals surface area contributed by atoms with Gasteiger partial charge in [-0.3, -0.25) is 9.78 Å². The molecule has 202 valence electrons. The Labute approximate surface area is 221 Å². The summed E-state index contributed by atoms with van der Waals surface area (Å²) in [4.78, 5) is 22.5. The molecule has 0 atom stereocenters. The molecule has 7 nitrogen and oxygen atoms in total. The number of nitrogens with zero attached hydrogens (tertiary/aromatic N) is 3. The number of halogens is 2. The smallest absolute Gasteiger partial charge is 0.307 e. The lowest BCUT2D eigenvalue weighted by molar-refractivity contribution is -0.136. The third-order valence-corrected chi connectivity index (χ3v) is 6.96. The number of pyridine rings is 2. The molecule has 1 N–H and O–H groups in total. The number of carbonyl (C=O) groups is 1. The van der Waals surface area contributed by atoms with Crippen LogP contribution in [0, 0.1) is 30.9 Å². The van der Waals surface area contributed by atoms with Crippen molar-refractivity contribution < 1.29 is 28.2 Å². The van der Waals surface area contributed by atoms with Crippen LogP contribution in [0.1, 0.15) is 43.5 Å². The number of aromatic nitrogens is 2. The predicted octanol–water partition coefficient (Wildman–Crippen LogP) is 5.75. The van der Waals surface area contributed by atoms with E-state index in [1.54, 1.807) is 26.1 Å². The summed E-state index contributed by atoms with van der Waals surface area (Å²) in [5.41, 5.74) is 3.85. The fourth-order valence-electron chi connectivity index (χ4n) is 4.59. The third-order valence-electron chi connectivity index (χ3n) is 6.96. The summed E-state index contributed by atoms with van der Waals surface area (Å²) < 4.78 is 39.5. The molecule has 2 aromatic heterocycles. The first-order valence-corrected chi connectivity index (χ1v) is 12.7. The quantitative estimate of drug-likeness (QED) is 0.356. The maximum absolute atomic E-state index is 15.1. The Morgan fingerprint density at radius 1 is 1.03 bits per heavy atom. The van der Waals surface area contributed by atoms with Gasteiger partial charge in [0.25, 0.3) is 5.88 Å². The van der Waals surface area contributed by atoms with E-state index in [0.717, 1.165) is 31.6 Å². The lowest BCUT2D eigenvalue weighted by Crippen LogP contribution is -2.38. The zero-order chi connectivity index (χ0) is 27.4. The molecule has 0 radical (unpaired) electrons. The Morgan fingerprint density at radius 2 is 1.74 bits per heavy atom. The zero-order valence-corrected chi connectivity index (χ0v) is 22.2. The van der Waals surface area contributed by atoms with Gasteiger partial charge in [0.15, 0.2) is 5.82 Å². The fourth-order valence-corrected chi connectivity index (χ4v) is 4.59. The van der Waals surface area contributed by atoms with Crippen LogP contribution in [0.15, 0.2) is 36.7 Å². The summed E-state index contributed by atoms with van der Waals surface area (Å²) in [7, 11) is 0. The number of piperidine rings is 1. The van der Waals surface area contributed by atoms with Gasteiger partial charge in [0.1, 0.15) is 24.8 Å². The van der Waals surface area contributed by atoms with E-state index < -0.39 is 11.8 Å². The molecular weight excluding hydrogens is 492 g/mol. The van der Waals surface area contributed by atoms with Crippen molar-refractivity contribution in [1.82, 2.24) is 9.97 Å². The summed E-state index contributed by atoms with van der Waals surface area (Å²) in [6, 6.07) is 5.76. The highest BCUT2D eigenvalue weighted by Crippen LogP contribution is 2.40. The van der Waals surface area contributed by atoms with Gasteiger partial charge in [-0.05, 0) is 61.9 Å². The first-order valence-electron chi connectivity index (χ1n) is 12.7. The summed E-state index contributed by atoms with van der Waals surface area (Å²) in [5.74, 6) is -1.58. The number of hydrogen-bond donors (Lipinski definition) is 1. The van der Waals surface area contributed by atoms with Crippen LogP contribution in [-0.4, -0.2) is 47.3 Å². The lowest BCUT2D eigenvalue weighted by atomic mass is 9.82.